The van der Waals surface area contributed by atoms with E-state index < -0.39 is 5.63 Å². The van der Waals surface area contributed by atoms with E-state index in [1.54, 1.807) is 25.1 Å². The number of thiocarbonyl (C=S) groups is 1. The van der Waals surface area contributed by atoms with Gasteiger partial charge in [0.2, 0.25) is 0 Å². The summed E-state index contributed by atoms with van der Waals surface area (Å²) in [5, 5.41) is 12.8. The maximum absolute atomic E-state index is 11.9. The maximum atomic E-state index is 11.9. The van der Waals surface area contributed by atoms with Crippen molar-refractivity contribution in [2.24, 2.45) is 0 Å². The Labute approximate surface area is 132 Å². The van der Waals surface area contributed by atoms with Crippen molar-refractivity contribution >= 4 is 22.9 Å². The van der Waals surface area contributed by atoms with Crippen molar-refractivity contribution in [3.63, 3.8) is 0 Å². The first kappa shape index (κ1) is 15.8. The molecule has 0 spiro atoms. The third kappa shape index (κ3) is 3.20. The molecule has 22 heavy (non-hydrogen) atoms. The molecule has 0 atom stereocenters. The topological polar surface area (TPSA) is 80.9 Å². The summed E-state index contributed by atoms with van der Waals surface area (Å²) in [6, 6.07) is 6.41. The monoisotopic (exact) mass is 321 g/mol. The minimum Gasteiger partial charge on any atom is -0.507 e. The third-order valence-electron chi connectivity index (χ3n) is 2.94. The van der Waals surface area contributed by atoms with Gasteiger partial charge in [-0.05, 0) is 19.1 Å². The number of hydrogen-bond donors (Lipinski definition) is 2. The normalized spacial score (nSPS) is 10.1. The summed E-state index contributed by atoms with van der Waals surface area (Å²) in [4.78, 5) is 11.9. The van der Waals surface area contributed by atoms with Crippen LogP contribution in [-0.2, 0) is 0 Å². The van der Waals surface area contributed by atoms with Crippen LogP contribution in [0.5, 0.6) is 17.2 Å². The standard InChI is InChI=1S/C15H15NO5S/c1-8-6-11(17)13(15(18)21-8)14(22)16-10-7-9(19-2)4-5-12(10)20-3/h4-7,17H,1-3H3,(H,16,22). The zero-order chi connectivity index (χ0) is 16.3. The van der Waals surface area contributed by atoms with E-state index in [2.05, 4.69) is 5.32 Å². The molecule has 0 amide bonds. The molecule has 0 bridgehead atoms. The first-order valence-corrected chi connectivity index (χ1v) is 6.74. The number of rotatable bonds is 4. The van der Waals surface area contributed by atoms with Crippen LogP contribution in [0.2, 0.25) is 0 Å². The Morgan fingerprint density at radius 2 is 2.00 bits per heavy atom. The quantitative estimate of drug-likeness (QED) is 0.837. The molecule has 6 nitrogen and oxygen atoms in total. The van der Waals surface area contributed by atoms with Crippen LogP contribution in [0, 0.1) is 6.92 Å². The Kier molecular flexibility index (Phi) is 4.67. The van der Waals surface area contributed by atoms with Crippen molar-refractivity contribution in [2.45, 2.75) is 6.92 Å². The second-order valence-electron chi connectivity index (χ2n) is 4.43. The molecule has 0 aliphatic heterocycles. The largest absolute Gasteiger partial charge is 0.507 e. The predicted octanol–water partition coefficient (Wildman–Crippen LogP) is 2.46. The van der Waals surface area contributed by atoms with E-state index in [0.717, 1.165) is 0 Å². The van der Waals surface area contributed by atoms with E-state index in [-0.39, 0.29) is 16.3 Å². The summed E-state index contributed by atoms with van der Waals surface area (Å²) >= 11 is 5.18. The first-order chi connectivity index (χ1) is 10.5. The van der Waals surface area contributed by atoms with E-state index in [9.17, 15) is 9.90 Å². The van der Waals surface area contributed by atoms with Gasteiger partial charge in [0.05, 0.1) is 19.9 Å². The molecule has 0 fully saturated rings. The zero-order valence-electron chi connectivity index (χ0n) is 12.3. The molecule has 2 rings (SSSR count). The van der Waals surface area contributed by atoms with Crippen LogP contribution in [-0.4, -0.2) is 24.3 Å². The Balaban J connectivity index is 2.39. The Morgan fingerprint density at radius 3 is 2.59 bits per heavy atom. The van der Waals surface area contributed by atoms with E-state index in [0.29, 0.717) is 22.9 Å². The molecule has 116 valence electrons. The molecule has 0 unspecified atom stereocenters. The van der Waals surface area contributed by atoms with Gasteiger partial charge in [-0.2, -0.15) is 0 Å². The molecule has 1 heterocycles. The fourth-order valence-electron chi connectivity index (χ4n) is 1.90. The second-order valence-corrected chi connectivity index (χ2v) is 4.83. The SMILES string of the molecule is COc1ccc(OC)c(NC(=S)c2c(O)cc(C)oc2=O)c1. The van der Waals surface area contributed by atoms with Crippen LogP contribution in [0.15, 0.2) is 33.5 Å². The number of aryl methyl sites for hydroxylation is 1. The van der Waals surface area contributed by atoms with Crippen molar-refractivity contribution < 1.29 is 19.0 Å². The van der Waals surface area contributed by atoms with Crippen LogP contribution in [0.1, 0.15) is 11.3 Å². The van der Waals surface area contributed by atoms with Gasteiger partial charge in [0, 0.05) is 12.1 Å². The Bertz CT molecular complexity index is 769. The van der Waals surface area contributed by atoms with Gasteiger partial charge in [-0.25, -0.2) is 4.79 Å². The number of benzene rings is 1. The minimum atomic E-state index is -0.711. The van der Waals surface area contributed by atoms with Gasteiger partial charge in [0.25, 0.3) is 0 Å². The van der Waals surface area contributed by atoms with Gasteiger partial charge < -0.3 is 24.3 Å². The maximum Gasteiger partial charge on any atom is 0.350 e. The van der Waals surface area contributed by atoms with Crippen molar-refractivity contribution in [3.8, 4) is 17.2 Å². The summed E-state index contributed by atoms with van der Waals surface area (Å²) in [5.74, 6) is 1.16. The minimum absolute atomic E-state index is 0.0257. The van der Waals surface area contributed by atoms with E-state index in [4.69, 9.17) is 26.1 Å². The Hall–Kier alpha value is -2.54. The highest BCUT2D eigenvalue weighted by Crippen LogP contribution is 2.29. The van der Waals surface area contributed by atoms with Crippen molar-refractivity contribution in [1.82, 2.24) is 0 Å². The molecule has 7 heteroatoms. The summed E-state index contributed by atoms with van der Waals surface area (Å²) in [7, 11) is 3.04. The lowest BCUT2D eigenvalue weighted by Crippen LogP contribution is -2.20. The molecule has 0 saturated heterocycles. The lowest BCUT2D eigenvalue weighted by Gasteiger charge is -2.13. The van der Waals surface area contributed by atoms with Gasteiger partial charge in [-0.3, -0.25) is 0 Å². The molecule has 0 aliphatic rings. The number of hydrogen-bond acceptors (Lipinski definition) is 6. The average molecular weight is 321 g/mol. The van der Waals surface area contributed by atoms with Crippen molar-refractivity contribution in [3.05, 3.63) is 46.0 Å². The Morgan fingerprint density at radius 1 is 1.27 bits per heavy atom. The fourth-order valence-corrected chi connectivity index (χ4v) is 2.20. The zero-order valence-corrected chi connectivity index (χ0v) is 13.1. The lowest BCUT2D eigenvalue weighted by molar-refractivity contribution is 0.405. The molecular formula is C15H15NO5S. The van der Waals surface area contributed by atoms with E-state index in [1.165, 1.54) is 20.3 Å². The van der Waals surface area contributed by atoms with Crippen LogP contribution in [0.4, 0.5) is 5.69 Å². The highest BCUT2D eigenvalue weighted by atomic mass is 32.1. The van der Waals surface area contributed by atoms with Crippen molar-refractivity contribution in [1.29, 1.82) is 0 Å². The highest BCUT2D eigenvalue weighted by molar-refractivity contribution is 7.81. The molecule has 0 saturated carbocycles. The molecule has 0 radical (unpaired) electrons. The molecule has 2 N–H and O–H groups in total. The molecule has 0 aliphatic carbocycles. The lowest BCUT2D eigenvalue weighted by atomic mass is 10.2. The summed E-state index contributed by atoms with van der Waals surface area (Å²) in [6.07, 6.45) is 0. The van der Waals surface area contributed by atoms with E-state index >= 15 is 0 Å². The molecule has 1 aromatic heterocycles. The number of anilines is 1. The number of methoxy groups -OCH3 is 2. The van der Waals surface area contributed by atoms with Crippen LogP contribution in [0.25, 0.3) is 0 Å². The summed E-state index contributed by atoms with van der Waals surface area (Å²) < 4.78 is 15.3. The number of ether oxygens (including phenoxy) is 2. The summed E-state index contributed by atoms with van der Waals surface area (Å²) in [6.45, 7) is 1.56. The van der Waals surface area contributed by atoms with Gasteiger partial charge in [0.1, 0.15) is 33.6 Å². The van der Waals surface area contributed by atoms with Crippen LogP contribution >= 0.6 is 12.2 Å². The summed E-state index contributed by atoms with van der Waals surface area (Å²) in [5.41, 5.74) is -0.312. The average Bonchev–Trinajstić information content (AvgIpc) is 2.46. The van der Waals surface area contributed by atoms with Gasteiger partial charge in [-0.15, -0.1) is 0 Å². The number of aromatic hydroxyl groups is 1. The van der Waals surface area contributed by atoms with Gasteiger partial charge in [-0.1, -0.05) is 12.2 Å². The molecule has 2 aromatic rings. The van der Waals surface area contributed by atoms with Crippen LogP contribution in [0.3, 0.4) is 0 Å². The van der Waals surface area contributed by atoms with E-state index in [1.807, 2.05) is 0 Å². The fraction of sp³-hybridized carbons (Fsp3) is 0.200. The third-order valence-corrected chi connectivity index (χ3v) is 3.24. The van der Waals surface area contributed by atoms with Crippen molar-refractivity contribution in [2.75, 3.05) is 19.5 Å². The molecule has 1 aromatic carbocycles. The first-order valence-electron chi connectivity index (χ1n) is 6.33. The smallest absolute Gasteiger partial charge is 0.350 e. The highest BCUT2D eigenvalue weighted by Gasteiger charge is 2.16. The number of nitrogens with one attached hydrogen (secondary N) is 1. The van der Waals surface area contributed by atoms with Gasteiger partial charge in [0.15, 0.2) is 0 Å². The predicted molar refractivity (Wildman–Crippen MR) is 86.2 cm³/mol. The van der Waals surface area contributed by atoms with Crippen LogP contribution < -0.4 is 20.4 Å². The second kappa shape index (κ2) is 6.48. The van der Waals surface area contributed by atoms with Gasteiger partial charge >= 0.3 is 5.63 Å². The molecular weight excluding hydrogens is 306 g/mol.